The second-order valence-corrected chi connectivity index (χ2v) is 7.71. The van der Waals surface area contributed by atoms with Gasteiger partial charge in [0.1, 0.15) is 0 Å². The van der Waals surface area contributed by atoms with Crippen LogP contribution in [0.1, 0.15) is 42.5 Å². The van der Waals surface area contributed by atoms with Crippen LogP contribution in [-0.2, 0) is 18.5 Å². The van der Waals surface area contributed by atoms with Gasteiger partial charge in [0.25, 0.3) is 5.91 Å². The number of carbonyl (C=O) groups excluding carboxylic acids is 1. The summed E-state index contributed by atoms with van der Waals surface area (Å²) in [7, 11) is 0. The number of carbonyl (C=O) groups is 1. The number of amides is 1. The number of rotatable bonds is 2. The van der Waals surface area contributed by atoms with Crippen LogP contribution in [0.25, 0.3) is 10.9 Å². The molecule has 1 aromatic carbocycles. The summed E-state index contributed by atoms with van der Waals surface area (Å²) in [5, 5.41) is 7.35. The van der Waals surface area contributed by atoms with E-state index < -0.39 is 0 Å². The van der Waals surface area contributed by atoms with E-state index in [-0.39, 0.29) is 11.3 Å². The number of benzene rings is 1. The van der Waals surface area contributed by atoms with E-state index in [0.29, 0.717) is 12.2 Å². The first-order chi connectivity index (χ1) is 12.4. The highest BCUT2D eigenvalue weighted by molar-refractivity contribution is 6.08. The van der Waals surface area contributed by atoms with Gasteiger partial charge in [-0.25, -0.2) is 4.98 Å². The van der Waals surface area contributed by atoms with E-state index in [1.165, 1.54) is 0 Å². The Morgan fingerprint density at radius 3 is 2.92 bits per heavy atom. The van der Waals surface area contributed by atoms with Gasteiger partial charge in [-0.05, 0) is 29.2 Å². The molecule has 0 atom stereocenters. The molecule has 26 heavy (non-hydrogen) atoms. The van der Waals surface area contributed by atoms with Crippen LogP contribution >= 0.6 is 0 Å². The van der Waals surface area contributed by atoms with Crippen molar-refractivity contribution in [1.82, 2.24) is 19.9 Å². The molecule has 6 heteroatoms. The molecule has 1 aliphatic rings. The Kier molecular flexibility index (Phi) is 4.00. The summed E-state index contributed by atoms with van der Waals surface area (Å²) in [5.74, 6) is -0.194. The Hall–Kier alpha value is -2.73. The molecule has 3 heterocycles. The van der Waals surface area contributed by atoms with Gasteiger partial charge in [-0.1, -0.05) is 26.8 Å². The molecule has 0 fully saturated rings. The summed E-state index contributed by atoms with van der Waals surface area (Å²) in [5.41, 5.74) is 4.05. The average molecular weight is 349 g/mol. The first-order valence-corrected chi connectivity index (χ1v) is 8.89. The molecular formula is C20H23N5O. The van der Waals surface area contributed by atoms with Crippen LogP contribution in [0.15, 0.2) is 36.8 Å². The van der Waals surface area contributed by atoms with E-state index in [0.717, 1.165) is 40.9 Å². The fraction of sp³-hybridized carbons (Fsp3) is 0.350. The Balaban J connectivity index is 1.74. The average Bonchev–Trinajstić information content (AvgIpc) is 3.05. The zero-order valence-corrected chi connectivity index (χ0v) is 15.3. The largest absolute Gasteiger partial charge is 0.331 e. The third kappa shape index (κ3) is 2.97. The topological polar surface area (TPSA) is 71.8 Å². The monoisotopic (exact) mass is 349 g/mol. The van der Waals surface area contributed by atoms with Crippen LogP contribution in [0.3, 0.4) is 0 Å². The SMILES string of the molecule is CC(C)(C)c1cc(NC(=O)c2ncn3c2CNCC3)c2ncccc2c1. The van der Waals surface area contributed by atoms with Crippen molar-refractivity contribution in [3.05, 3.63) is 53.7 Å². The first-order valence-electron chi connectivity index (χ1n) is 8.89. The summed E-state index contributed by atoms with van der Waals surface area (Å²) < 4.78 is 2.04. The number of pyridine rings is 1. The van der Waals surface area contributed by atoms with Crippen molar-refractivity contribution >= 4 is 22.5 Å². The maximum Gasteiger partial charge on any atom is 0.276 e. The predicted molar refractivity (Wildman–Crippen MR) is 102 cm³/mol. The molecule has 0 aliphatic carbocycles. The summed E-state index contributed by atoms with van der Waals surface area (Å²) in [6.45, 7) is 8.87. The predicted octanol–water partition coefficient (Wildman–Crippen LogP) is 3.08. The van der Waals surface area contributed by atoms with Crippen molar-refractivity contribution in [3.63, 3.8) is 0 Å². The van der Waals surface area contributed by atoms with E-state index in [9.17, 15) is 4.79 Å². The molecule has 134 valence electrons. The van der Waals surface area contributed by atoms with Gasteiger partial charge in [0.15, 0.2) is 5.69 Å². The molecule has 0 spiro atoms. The molecule has 0 radical (unpaired) electrons. The molecule has 1 amide bonds. The Morgan fingerprint density at radius 1 is 1.27 bits per heavy atom. The molecular weight excluding hydrogens is 326 g/mol. The number of hydrogen-bond donors (Lipinski definition) is 2. The maximum absolute atomic E-state index is 12.9. The number of hydrogen-bond acceptors (Lipinski definition) is 4. The second kappa shape index (κ2) is 6.21. The lowest BCUT2D eigenvalue weighted by Gasteiger charge is -2.21. The van der Waals surface area contributed by atoms with Crippen LogP contribution < -0.4 is 10.6 Å². The van der Waals surface area contributed by atoms with Crippen molar-refractivity contribution in [2.24, 2.45) is 0 Å². The van der Waals surface area contributed by atoms with Crippen LogP contribution in [0.4, 0.5) is 5.69 Å². The minimum absolute atomic E-state index is 0.0268. The second-order valence-electron chi connectivity index (χ2n) is 7.71. The van der Waals surface area contributed by atoms with Gasteiger partial charge in [-0.2, -0.15) is 0 Å². The van der Waals surface area contributed by atoms with Gasteiger partial charge in [0.2, 0.25) is 0 Å². The number of imidazole rings is 1. The number of aromatic nitrogens is 3. The van der Waals surface area contributed by atoms with Gasteiger partial charge in [-0.15, -0.1) is 0 Å². The summed E-state index contributed by atoms with van der Waals surface area (Å²) in [6, 6.07) is 8.10. The molecule has 0 bridgehead atoms. The molecule has 0 saturated carbocycles. The van der Waals surface area contributed by atoms with Crippen LogP contribution in [0.2, 0.25) is 0 Å². The standard InChI is InChI=1S/C20H23N5O/c1-20(2,3)14-9-13-5-4-6-22-17(13)15(10-14)24-19(26)18-16-11-21-7-8-25(16)12-23-18/h4-6,9-10,12,21H,7-8,11H2,1-3H3,(H,24,26). The van der Waals surface area contributed by atoms with Crippen molar-refractivity contribution in [2.45, 2.75) is 39.3 Å². The molecule has 3 aromatic rings. The van der Waals surface area contributed by atoms with Crippen LogP contribution in [-0.4, -0.2) is 27.0 Å². The Morgan fingerprint density at radius 2 is 2.12 bits per heavy atom. The summed E-state index contributed by atoms with van der Waals surface area (Å²) in [6.07, 6.45) is 3.49. The number of anilines is 1. The summed E-state index contributed by atoms with van der Waals surface area (Å²) >= 11 is 0. The molecule has 2 aromatic heterocycles. The van der Waals surface area contributed by atoms with E-state index >= 15 is 0 Å². The smallest absolute Gasteiger partial charge is 0.276 e. The van der Waals surface area contributed by atoms with Gasteiger partial charge in [0.05, 0.1) is 23.2 Å². The lowest BCUT2D eigenvalue weighted by molar-refractivity contribution is 0.102. The van der Waals surface area contributed by atoms with Crippen LogP contribution in [0, 0.1) is 0 Å². The highest BCUT2D eigenvalue weighted by Gasteiger charge is 2.22. The molecule has 0 unspecified atom stereocenters. The maximum atomic E-state index is 12.9. The lowest BCUT2D eigenvalue weighted by Crippen LogP contribution is -2.29. The third-order valence-corrected chi connectivity index (χ3v) is 4.80. The highest BCUT2D eigenvalue weighted by atomic mass is 16.1. The zero-order chi connectivity index (χ0) is 18.3. The quantitative estimate of drug-likeness (QED) is 0.746. The van der Waals surface area contributed by atoms with Gasteiger partial charge in [-0.3, -0.25) is 9.78 Å². The minimum atomic E-state index is -0.194. The number of fused-ring (bicyclic) bond motifs is 2. The fourth-order valence-corrected chi connectivity index (χ4v) is 3.28. The normalized spacial score (nSPS) is 14.3. The van der Waals surface area contributed by atoms with Crippen molar-refractivity contribution in [2.75, 3.05) is 11.9 Å². The fourth-order valence-electron chi connectivity index (χ4n) is 3.28. The van der Waals surface area contributed by atoms with Gasteiger partial charge >= 0.3 is 0 Å². The minimum Gasteiger partial charge on any atom is -0.331 e. The summed E-state index contributed by atoms with van der Waals surface area (Å²) in [4.78, 5) is 21.7. The number of nitrogens with one attached hydrogen (secondary N) is 2. The highest BCUT2D eigenvalue weighted by Crippen LogP contribution is 2.31. The third-order valence-electron chi connectivity index (χ3n) is 4.80. The first kappa shape index (κ1) is 16.7. The van der Waals surface area contributed by atoms with E-state index in [4.69, 9.17) is 0 Å². The van der Waals surface area contributed by atoms with Gasteiger partial charge < -0.3 is 15.2 Å². The molecule has 4 rings (SSSR count). The lowest BCUT2D eigenvalue weighted by atomic mass is 9.86. The molecule has 0 saturated heterocycles. The zero-order valence-electron chi connectivity index (χ0n) is 15.3. The van der Waals surface area contributed by atoms with E-state index in [1.54, 1.807) is 12.5 Å². The van der Waals surface area contributed by atoms with E-state index in [2.05, 4.69) is 47.4 Å². The van der Waals surface area contributed by atoms with Crippen molar-refractivity contribution in [1.29, 1.82) is 0 Å². The van der Waals surface area contributed by atoms with Gasteiger partial charge in [0, 0.05) is 31.2 Å². The van der Waals surface area contributed by atoms with Crippen LogP contribution in [0.5, 0.6) is 0 Å². The molecule has 2 N–H and O–H groups in total. The number of nitrogens with zero attached hydrogens (tertiary/aromatic N) is 3. The Labute approximate surface area is 152 Å². The van der Waals surface area contributed by atoms with Crippen molar-refractivity contribution in [3.8, 4) is 0 Å². The van der Waals surface area contributed by atoms with Crippen molar-refractivity contribution < 1.29 is 4.79 Å². The molecule has 6 nitrogen and oxygen atoms in total. The molecule has 1 aliphatic heterocycles. The Bertz CT molecular complexity index is 984. The van der Waals surface area contributed by atoms with E-state index in [1.807, 2.05) is 22.8 Å².